The molecule has 3 rings (SSSR count). The third-order valence-corrected chi connectivity index (χ3v) is 3.96. The predicted molar refractivity (Wildman–Crippen MR) is 96.0 cm³/mol. The van der Waals surface area contributed by atoms with Crippen LogP contribution >= 0.6 is 0 Å². The molecule has 1 fully saturated rings. The molecule has 1 N–H and O–H groups in total. The molecule has 6 heteroatoms. The fourth-order valence-electron chi connectivity index (χ4n) is 2.78. The Labute approximate surface area is 142 Å². The van der Waals surface area contributed by atoms with Crippen LogP contribution < -0.4 is 15.1 Å². The molecule has 1 aromatic carbocycles. The summed E-state index contributed by atoms with van der Waals surface area (Å²) in [5.74, 6) is 0.492. The Morgan fingerprint density at radius 3 is 2.67 bits per heavy atom. The van der Waals surface area contributed by atoms with E-state index >= 15 is 0 Å². The molecule has 2 heterocycles. The second-order valence-corrected chi connectivity index (χ2v) is 5.84. The number of aromatic nitrogens is 1. The summed E-state index contributed by atoms with van der Waals surface area (Å²) in [6.45, 7) is 3.05. The molecule has 126 valence electrons. The van der Waals surface area contributed by atoms with Gasteiger partial charge in [0.25, 0.3) is 5.91 Å². The number of amides is 1. The van der Waals surface area contributed by atoms with E-state index in [1.807, 2.05) is 43.3 Å². The minimum absolute atomic E-state index is 0.160. The summed E-state index contributed by atoms with van der Waals surface area (Å²) in [5.41, 5.74) is 2.38. The number of rotatable bonds is 4. The minimum Gasteiger partial charge on any atom is -0.378 e. The van der Waals surface area contributed by atoms with Crippen LogP contribution in [0.25, 0.3) is 0 Å². The molecule has 0 spiro atoms. The molecule has 1 aliphatic rings. The van der Waals surface area contributed by atoms with Crippen molar-refractivity contribution in [3.05, 3.63) is 48.2 Å². The van der Waals surface area contributed by atoms with Gasteiger partial charge in [-0.05, 0) is 24.3 Å². The highest BCUT2D eigenvalue weighted by Crippen LogP contribution is 2.27. The normalized spacial score (nSPS) is 14.3. The molecule has 1 aliphatic heterocycles. The smallest absolute Gasteiger partial charge is 0.259 e. The maximum Gasteiger partial charge on any atom is 0.259 e. The summed E-state index contributed by atoms with van der Waals surface area (Å²) < 4.78 is 5.41. The zero-order valence-corrected chi connectivity index (χ0v) is 14.0. The first-order valence-corrected chi connectivity index (χ1v) is 8.02. The van der Waals surface area contributed by atoms with Crippen LogP contribution in [-0.4, -0.2) is 51.3 Å². The molecule has 0 unspecified atom stereocenters. The highest BCUT2D eigenvalue weighted by molar-refractivity contribution is 6.08. The number of hydrogen-bond acceptors (Lipinski definition) is 5. The van der Waals surface area contributed by atoms with Crippen LogP contribution in [0.3, 0.4) is 0 Å². The van der Waals surface area contributed by atoms with Crippen LogP contribution in [0.5, 0.6) is 0 Å². The van der Waals surface area contributed by atoms with Crippen LogP contribution in [0.15, 0.2) is 42.6 Å². The van der Waals surface area contributed by atoms with Crippen molar-refractivity contribution in [2.45, 2.75) is 0 Å². The molecule has 0 saturated carbocycles. The van der Waals surface area contributed by atoms with E-state index in [9.17, 15) is 4.79 Å². The Morgan fingerprint density at radius 1 is 1.17 bits per heavy atom. The van der Waals surface area contributed by atoms with E-state index in [0.29, 0.717) is 24.6 Å². The summed E-state index contributed by atoms with van der Waals surface area (Å²) >= 11 is 0. The van der Waals surface area contributed by atoms with E-state index in [4.69, 9.17) is 4.74 Å². The van der Waals surface area contributed by atoms with Crippen molar-refractivity contribution < 1.29 is 9.53 Å². The second-order valence-electron chi connectivity index (χ2n) is 5.84. The van der Waals surface area contributed by atoms with E-state index in [-0.39, 0.29) is 5.91 Å². The monoisotopic (exact) mass is 326 g/mol. The average Bonchev–Trinajstić information content (AvgIpc) is 2.63. The highest BCUT2D eigenvalue weighted by Gasteiger charge is 2.18. The van der Waals surface area contributed by atoms with E-state index in [1.165, 1.54) is 0 Å². The van der Waals surface area contributed by atoms with Crippen LogP contribution in [0.2, 0.25) is 0 Å². The molecule has 24 heavy (non-hydrogen) atoms. The number of carbonyl (C=O) groups is 1. The van der Waals surface area contributed by atoms with Crippen LogP contribution in [0, 0.1) is 0 Å². The summed E-state index contributed by atoms with van der Waals surface area (Å²) in [4.78, 5) is 21.1. The minimum atomic E-state index is -0.160. The largest absolute Gasteiger partial charge is 0.378 e. The van der Waals surface area contributed by atoms with Crippen molar-refractivity contribution in [1.82, 2.24) is 4.98 Å². The number of ether oxygens (including phenoxy) is 1. The highest BCUT2D eigenvalue weighted by atomic mass is 16.5. The first-order chi connectivity index (χ1) is 11.7. The number of carbonyl (C=O) groups excluding carboxylic acids is 1. The zero-order chi connectivity index (χ0) is 16.9. The lowest BCUT2D eigenvalue weighted by Gasteiger charge is -2.30. The molecule has 0 radical (unpaired) electrons. The van der Waals surface area contributed by atoms with Gasteiger partial charge in [-0.2, -0.15) is 0 Å². The number of morpholine rings is 1. The van der Waals surface area contributed by atoms with Crippen LogP contribution in [0.4, 0.5) is 17.2 Å². The Hall–Kier alpha value is -2.60. The van der Waals surface area contributed by atoms with E-state index in [0.717, 1.165) is 24.5 Å². The maximum absolute atomic E-state index is 12.8. The van der Waals surface area contributed by atoms with Crippen molar-refractivity contribution >= 4 is 23.1 Å². The Morgan fingerprint density at radius 2 is 1.92 bits per heavy atom. The third-order valence-electron chi connectivity index (χ3n) is 3.96. The van der Waals surface area contributed by atoms with Crippen molar-refractivity contribution in [2.75, 3.05) is 55.5 Å². The van der Waals surface area contributed by atoms with Crippen molar-refractivity contribution in [1.29, 1.82) is 0 Å². The van der Waals surface area contributed by atoms with E-state index in [1.54, 1.807) is 18.3 Å². The van der Waals surface area contributed by atoms with Gasteiger partial charge in [0, 0.05) is 33.4 Å². The van der Waals surface area contributed by atoms with Gasteiger partial charge in [0.2, 0.25) is 0 Å². The van der Waals surface area contributed by atoms with Gasteiger partial charge >= 0.3 is 0 Å². The average molecular weight is 326 g/mol. The van der Waals surface area contributed by atoms with Gasteiger partial charge in [-0.15, -0.1) is 0 Å². The quantitative estimate of drug-likeness (QED) is 0.934. The number of para-hydroxylation sites is 2. The molecule has 0 bridgehead atoms. The molecular weight excluding hydrogens is 304 g/mol. The Bertz CT molecular complexity index is 712. The molecule has 0 aliphatic carbocycles. The van der Waals surface area contributed by atoms with E-state index < -0.39 is 0 Å². The maximum atomic E-state index is 12.8. The topological polar surface area (TPSA) is 57.7 Å². The van der Waals surface area contributed by atoms with Crippen LogP contribution in [-0.2, 0) is 4.74 Å². The summed E-state index contributed by atoms with van der Waals surface area (Å²) in [6.07, 6.45) is 1.69. The van der Waals surface area contributed by atoms with Gasteiger partial charge in [-0.3, -0.25) is 4.79 Å². The van der Waals surface area contributed by atoms with Crippen molar-refractivity contribution in [2.24, 2.45) is 0 Å². The number of nitrogens with zero attached hydrogens (tertiary/aromatic N) is 3. The molecule has 0 atom stereocenters. The first-order valence-electron chi connectivity index (χ1n) is 8.02. The molecule has 2 aromatic rings. The first kappa shape index (κ1) is 16.3. The van der Waals surface area contributed by atoms with Crippen LogP contribution in [0.1, 0.15) is 10.4 Å². The van der Waals surface area contributed by atoms with Gasteiger partial charge in [0.05, 0.1) is 30.2 Å². The Kier molecular flexibility index (Phi) is 4.96. The summed E-state index contributed by atoms with van der Waals surface area (Å²) in [5, 5.41) is 3.03. The molecule has 1 saturated heterocycles. The molecule has 1 amide bonds. The van der Waals surface area contributed by atoms with Gasteiger partial charge in [-0.25, -0.2) is 4.98 Å². The Balaban J connectivity index is 1.85. The molecule has 1 aromatic heterocycles. The third kappa shape index (κ3) is 3.49. The lowest BCUT2D eigenvalue weighted by atomic mass is 10.2. The number of benzene rings is 1. The molecule has 6 nitrogen and oxygen atoms in total. The van der Waals surface area contributed by atoms with Gasteiger partial charge in [0.1, 0.15) is 5.82 Å². The SMILES string of the molecule is CN(C)c1ncccc1C(=O)Nc1ccccc1N1CCOCC1. The fourth-order valence-corrected chi connectivity index (χ4v) is 2.78. The van der Waals surface area contributed by atoms with Gasteiger partial charge in [0.15, 0.2) is 0 Å². The van der Waals surface area contributed by atoms with Gasteiger partial charge < -0.3 is 19.9 Å². The predicted octanol–water partition coefficient (Wildman–Crippen LogP) is 2.24. The number of nitrogens with one attached hydrogen (secondary N) is 1. The summed E-state index contributed by atoms with van der Waals surface area (Å²) in [6, 6.07) is 11.4. The second kappa shape index (κ2) is 7.31. The number of anilines is 3. The zero-order valence-electron chi connectivity index (χ0n) is 14.0. The lowest BCUT2D eigenvalue weighted by Crippen LogP contribution is -2.36. The van der Waals surface area contributed by atoms with Gasteiger partial charge in [-0.1, -0.05) is 12.1 Å². The fraction of sp³-hybridized carbons (Fsp3) is 0.333. The summed E-state index contributed by atoms with van der Waals surface area (Å²) in [7, 11) is 3.75. The number of pyridine rings is 1. The van der Waals surface area contributed by atoms with Crippen molar-refractivity contribution in [3.63, 3.8) is 0 Å². The molecular formula is C18H22N4O2. The number of hydrogen-bond donors (Lipinski definition) is 1. The van der Waals surface area contributed by atoms with Crippen molar-refractivity contribution in [3.8, 4) is 0 Å². The van der Waals surface area contributed by atoms with E-state index in [2.05, 4.69) is 15.2 Å². The standard InChI is InChI=1S/C18H22N4O2/c1-21(2)17-14(6-5-9-19-17)18(23)20-15-7-3-4-8-16(15)22-10-12-24-13-11-22/h3-9H,10-13H2,1-2H3,(H,20,23). The lowest BCUT2D eigenvalue weighted by molar-refractivity contribution is 0.102.